The van der Waals surface area contributed by atoms with Crippen molar-refractivity contribution >= 4 is 0 Å². The highest BCUT2D eigenvalue weighted by molar-refractivity contribution is 5.74. The second kappa shape index (κ2) is 38.5. The first kappa shape index (κ1) is 72.8. The zero-order valence-electron chi connectivity index (χ0n) is 58.2. The third-order valence-corrected chi connectivity index (χ3v) is 17.3. The smallest absolute Gasteiger partial charge is 0.167 e. The Morgan fingerprint density at radius 1 is 0.358 bits per heavy atom. The summed E-state index contributed by atoms with van der Waals surface area (Å²) in [6, 6.07) is 35.1. The van der Waals surface area contributed by atoms with Gasteiger partial charge in [0.1, 0.15) is 42.3 Å². The van der Waals surface area contributed by atoms with Crippen LogP contribution in [0.3, 0.4) is 0 Å². The molecule has 0 aliphatic rings. The maximum Gasteiger partial charge on any atom is 0.167 e. The lowest BCUT2D eigenvalue weighted by molar-refractivity contribution is 0.00197. The van der Waals surface area contributed by atoms with Crippen LogP contribution < -0.4 is 9.47 Å². The highest BCUT2D eigenvalue weighted by Gasteiger charge is 2.21. The number of hydrogen-bond acceptors (Lipinski definition) is 14. The van der Waals surface area contributed by atoms with Crippen molar-refractivity contribution in [2.45, 2.75) is 203 Å². The molecule has 95 heavy (non-hydrogen) atoms. The minimum atomic E-state index is -0.823. The average molecular weight is 1290 g/mol. The predicted molar refractivity (Wildman–Crippen MR) is 384 cm³/mol. The first-order valence-corrected chi connectivity index (χ1v) is 35.0. The van der Waals surface area contributed by atoms with E-state index in [1.807, 2.05) is 56.3 Å². The fraction of sp³-hybridized carbons (Fsp3) is 0.457. The van der Waals surface area contributed by atoms with Crippen molar-refractivity contribution in [3.63, 3.8) is 0 Å². The molecule has 8 rings (SSSR count). The molecule has 0 spiro atoms. The summed E-state index contributed by atoms with van der Waals surface area (Å²) in [4.78, 5) is 29.4. The normalized spacial score (nSPS) is 12.2. The molecule has 0 bridgehead atoms. The van der Waals surface area contributed by atoms with Crippen molar-refractivity contribution in [1.82, 2.24) is 29.9 Å². The Bertz CT molecular complexity index is 3580. The van der Waals surface area contributed by atoms with E-state index < -0.39 is 6.10 Å². The number of aryl methyl sites for hydroxylation is 8. The van der Waals surface area contributed by atoms with Crippen LogP contribution in [-0.2, 0) is 14.2 Å². The lowest BCUT2D eigenvalue weighted by atomic mass is 10.0. The number of phenols is 2. The summed E-state index contributed by atoms with van der Waals surface area (Å²) < 4.78 is 30.5. The molecule has 0 fully saturated rings. The molecule has 14 heteroatoms. The number of allylic oxidation sites excluding steroid dienone is 1. The molecule has 0 aliphatic heterocycles. The minimum Gasteiger partial charge on any atom is -0.507 e. The van der Waals surface area contributed by atoms with Crippen molar-refractivity contribution in [2.24, 2.45) is 0 Å². The topological polar surface area (TPSA) is 184 Å². The van der Waals surface area contributed by atoms with Crippen LogP contribution in [-0.4, -0.2) is 97.1 Å². The Morgan fingerprint density at radius 2 is 0.684 bits per heavy atom. The van der Waals surface area contributed by atoms with E-state index in [9.17, 15) is 15.3 Å². The lowest BCUT2D eigenvalue weighted by Gasteiger charge is -2.18. The van der Waals surface area contributed by atoms with Crippen molar-refractivity contribution in [2.75, 3.05) is 39.6 Å². The molecule has 14 nitrogen and oxygen atoms in total. The Morgan fingerprint density at radius 3 is 1.05 bits per heavy atom. The second-order valence-corrected chi connectivity index (χ2v) is 26.0. The van der Waals surface area contributed by atoms with Gasteiger partial charge in [0.15, 0.2) is 41.1 Å². The molecule has 0 saturated carbocycles. The second-order valence-electron chi connectivity index (χ2n) is 26.0. The number of phenolic OH excluding ortho intramolecular Hbond substituents is 2. The maximum atomic E-state index is 11.6. The lowest BCUT2D eigenvalue weighted by Crippen LogP contribution is -2.26. The van der Waals surface area contributed by atoms with Crippen LogP contribution >= 0.6 is 0 Å². The van der Waals surface area contributed by atoms with Gasteiger partial charge in [-0.15, -0.1) is 0 Å². The summed E-state index contributed by atoms with van der Waals surface area (Å²) in [5, 5.41) is 33.5. The van der Waals surface area contributed by atoms with Crippen molar-refractivity contribution < 1.29 is 39.0 Å². The van der Waals surface area contributed by atoms with Crippen molar-refractivity contribution in [3.05, 3.63) is 166 Å². The van der Waals surface area contributed by atoms with Gasteiger partial charge in [0.05, 0.1) is 30.6 Å². The highest BCUT2D eigenvalue weighted by Crippen LogP contribution is 2.37. The Balaban J connectivity index is 0.735. The number of unbranched alkanes of at least 4 members (excludes halogenated alkanes) is 18. The average Bonchev–Trinajstić information content (AvgIpc) is 0.811. The van der Waals surface area contributed by atoms with E-state index in [1.54, 1.807) is 30.5 Å². The van der Waals surface area contributed by atoms with Crippen LogP contribution in [0.4, 0.5) is 0 Å². The third-order valence-electron chi connectivity index (χ3n) is 17.3. The largest absolute Gasteiger partial charge is 0.507 e. The van der Waals surface area contributed by atoms with Gasteiger partial charge in [0.2, 0.25) is 0 Å². The molecule has 6 aromatic carbocycles. The number of aromatic hydroxyl groups is 2. The van der Waals surface area contributed by atoms with Gasteiger partial charge in [0, 0.05) is 47.6 Å². The van der Waals surface area contributed by atoms with Gasteiger partial charge < -0.3 is 39.0 Å². The van der Waals surface area contributed by atoms with Crippen LogP contribution in [0.5, 0.6) is 23.0 Å². The van der Waals surface area contributed by atoms with Crippen LogP contribution in [0.2, 0.25) is 0 Å². The molecule has 8 aromatic rings. The first-order valence-electron chi connectivity index (χ1n) is 35.0. The molecule has 2 heterocycles. The fourth-order valence-electron chi connectivity index (χ4n) is 11.9. The molecule has 0 saturated heterocycles. The minimum absolute atomic E-state index is 0.00728. The number of ether oxygens (including phenoxy) is 5. The number of aliphatic hydroxyl groups is 1. The van der Waals surface area contributed by atoms with Crippen LogP contribution in [0.25, 0.3) is 68.3 Å². The summed E-state index contributed by atoms with van der Waals surface area (Å²) in [7, 11) is 0. The molecular formula is C81H104N6O8. The van der Waals surface area contributed by atoms with E-state index in [4.69, 9.17) is 53.6 Å². The zero-order chi connectivity index (χ0) is 67.3. The molecule has 0 aliphatic carbocycles. The molecule has 0 amide bonds. The fourth-order valence-corrected chi connectivity index (χ4v) is 11.9. The summed E-state index contributed by atoms with van der Waals surface area (Å²) in [5.41, 5.74) is 13.4. The van der Waals surface area contributed by atoms with Gasteiger partial charge in [0.25, 0.3) is 0 Å². The van der Waals surface area contributed by atoms with E-state index in [-0.39, 0.29) is 37.4 Å². The van der Waals surface area contributed by atoms with Crippen LogP contribution in [0, 0.1) is 55.4 Å². The Hall–Kier alpha value is -8.04. The van der Waals surface area contributed by atoms with E-state index in [1.165, 1.54) is 83.1 Å². The predicted octanol–water partition coefficient (Wildman–Crippen LogP) is 19.5. The maximum absolute atomic E-state index is 11.6. The number of nitrogens with zero attached hydrogens (tertiary/aromatic N) is 6. The SMILES string of the molecule is CCCCCCCCCCCCCOCC(COc1ccc(-c2nc(-c3ccc(C)cc3C)nc(-c3ccc(C)cc3C)n2)c(O)c1)O/C=C\CCCCCCCCCCOCC(O)COc1ccc(-c2nc(-c3ccc(C)cc3C)nc(-c3ccc(C)cc3C)n2)c(O)c1. The summed E-state index contributed by atoms with van der Waals surface area (Å²) in [6.45, 7) is 20.8. The first-order chi connectivity index (χ1) is 46.1. The number of hydrogen-bond donors (Lipinski definition) is 3. The third kappa shape index (κ3) is 23.4. The Kier molecular flexibility index (Phi) is 29.5. The van der Waals surface area contributed by atoms with Crippen molar-refractivity contribution in [3.8, 4) is 91.3 Å². The molecule has 2 unspecified atom stereocenters. The number of rotatable bonds is 41. The number of aromatic nitrogens is 6. The quantitative estimate of drug-likeness (QED) is 0.0243. The summed E-state index contributed by atoms with van der Waals surface area (Å²) in [6.07, 6.45) is 26.7. The molecular weight excluding hydrogens is 1180 g/mol. The van der Waals surface area contributed by atoms with Crippen LogP contribution in [0.15, 0.2) is 122 Å². The van der Waals surface area contributed by atoms with E-state index in [2.05, 4.69) is 90.9 Å². The van der Waals surface area contributed by atoms with Gasteiger partial charge in [-0.2, -0.15) is 0 Å². The zero-order valence-corrected chi connectivity index (χ0v) is 58.2. The molecule has 2 aromatic heterocycles. The highest BCUT2D eigenvalue weighted by atomic mass is 16.6. The number of aliphatic hydroxyl groups excluding tert-OH is 1. The molecule has 0 radical (unpaired) electrons. The number of benzene rings is 6. The van der Waals surface area contributed by atoms with Gasteiger partial charge >= 0.3 is 0 Å². The molecule has 3 N–H and O–H groups in total. The molecule has 2 atom stereocenters. The summed E-state index contributed by atoms with van der Waals surface area (Å²) in [5.74, 6) is 3.76. The van der Waals surface area contributed by atoms with Gasteiger partial charge in [-0.1, -0.05) is 205 Å². The monoisotopic (exact) mass is 1290 g/mol. The van der Waals surface area contributed by atoms with Crippen LogP contribution in [0.1, 0.15) is 180 Å². The van der Waals surface area contributed by atoms with E-state index in [0.29, 0.717) is 77.4 Å². The van der Waals surface area contributed by atoms with E-state index in [0.717, 1.165) is 118 Å². The van der Waals surface area contributed by atoms with E-state index >= 15 is 0 Å². The van der Waals surface area contributed by atoms with Gasteiger partial charge in [-0.05, 0) is 134 Å². The van der Waals surface area contributed by atoms with Gasteiger partial charge in [-0.25, -0.2) is 29.9 Å². The van der Waals surface area contributed by atoms with Crippen molar-refractivity contribution in [1.29, 1.82) is 0 Å². The Labute approximate surface area is 566 Å². The van der Waals surface area contributed by atoms with Gasteiger partial charge in [-0.3, -0.25) is 0 Å². The standard InChI is InChI=1S/C81H104N6O8/c1-10-11-12-13-14-15-16-19-23-26-29-44-92-54-67(55-95-66-36-42-73(75(90)51-66)81-86-78(70-39-33-58(4)48-62(70)8)83-79(87-81)71-40-34-59(5)49-63(71)9)93-45-30-27-24-21-18-17-20-22-25-28-43-91-52-64(88)53-94-65-35-41-72(74(89)50-65)80-84-76(68-37-31-56(2)46-60(68)6)82-77(85-80)69-38-32-57(3)47-61(69)7/h30-42,45-51,64,67,88-90H,10-29,43-44,52-55H2,1-9H3/b45-30-. The molecule has 506 valence electrons. The summed E-state index contributed by atoms with van der Waals surface area (Å²) >= 11 is 0.